The normalized spacial score (nSPS) is 19.4. The number of nitrogens with zero attached hydrogens (tertiary/aromatic N) is 1. The fourth-order valence-corrected chi connectivity index (χ4v) is 2.41. The Kier molecular flexibility index (Phi) is 4.28. The van der Waals surface area contributed by atoms with E-state index in [0.29, 0.717) is 17.5 Å². The molecular formula is C14H21BFNO2. The predicted molar refractivity (Wildman–Crippen MR) is 74.5 cm³/mol. The molecule has 0 aliphatic carbocycles. The van der Waals surface area contributed by atoms with Gasteiger partial charge in [0.25, 0.3) is 0 Å². The van der Waals surface area contributed by atoms with E-state index < -0.39 is 7.12 Å². The van der Waals surface area contributed by atoms with E-state index in [9.17, 15) is 4.39 Å². The second kappa shape index (κ2) is 5.61. The molecule has 1 aromatic rings. The van der Waals surface area contributed by atoms with E-state index in [1.165, 1.54) is 6.07 Å². The number of piperidine rings is 1. The number of hydrogen-bond acceptors (Lipinski definition) is 3. The first-order valence-electron chi connectivity index (χ1n) is 6.74. The van der Waals surface area contributed by atoms with Crippen molar-refractivity contribution in [1.82, 2.24) is 4.90 Å². The zero-order valence-electron chi connectivity index (χ0n) is 11.6. The van der Waals surface area contributed by atoms with Crippen LogP contribution in [0.4, 0.5) is 4.39 Å². The summed E-state index contributed by atoms with van der Waals surface area (Å²) >= 11 is 0. The molecule has 1 saturated heterocycles. The van der Waals surface area contributed by atoms with E-state index in [-0.39, 0.29) is 11.3 Å². The quantitative estimate of drug-likeness (QED) is 0.805. The maximum absolute atomic E-state index is 13.9. The molecule has 0 unspecified atom stereocenters. The zero-order chi connectivity index (χ0) is 14.0. The van der Waals surface area contributed by atoms with Gasteiger partial charge in [0.2, 0.25) is 0 Å². The van der Waals surface area contributed by atoms with Gasteiger partial charge >= 0.3 is 7.12 Å². The van der Waals surface area contributed by atoms with Crippen LogP contribution in [0, 0.1) is 11.2 Å². The monoisotopic (exact) mass is 265 g/mol. The fraction of sp³-hybridized carbons (Fsp3) is 0.571. The Morgan fingerprint density at radius 3 is 2.42 bits per heavy atom. The minimum Gasteiger partial charge on any atom is -0.423 e. The van der Waals surface area contributed by atoms with Crippen LogP contribution in [0.5, 0.6) is 0 Å². The Labute approximate surface area is 114 Å². The lowest BCUT2D eigenvalue weighted by Gasteiger charge is -2.37. The van der Waals surface area contributed by atoms with E-state index in [0.717, 1.165) is 25.9 Å². The molecule has 0 atom stereocenters. The van der Waals surface area contributed by atoms with Gasteiger partial charge in [0.1, 0.15) is 5.82 Å². The number of rotatable bonds is 3. The minimum atomic E-state index is -1.61. The molecule has 0 radical (unpaired) electrons. The average Bonchev–Trinajstić information content (AvgIpc) is 2.34. The van der Waals surface area contributed by atoms with Gasteiger partial charge in [-0.25, -0.2) is 4.39 Å². The van der Waals surface area contributed by atoms with Crippen LogP contribution < -0.4 is 5.46 Å². The van der Waals surface area contributed by atoms with Crippen LogP contribution >= 0.6 is 0 Å². The second-order valence-corrected chi connectivity index (χ2v) is 6.16. The summed E-state index contributed by atoms with van der Waals surface area (Å²) in [5.74, 6) is -0.365. The smallest absolute Gasteiger partial charge is 0.423 e. The summed E-state index contributed by atoms with van der Waals surface area (Å²) in [4.78, 5) is 2.25. The van der Waals surface area contributed by atoms with Crippen LogP contribution in [0.25, 0.3) is 0 Å². The van der Waals surface area contributed by atoms with E-state index in [1.807, 2.05) is 0 Å². The Morgan fingerprint density at radius 2 is 1.89 bits per heavy atom. The molecule has 0 bridgehead atoms. The summed E-state index contributed by atoms with van der Waals surface area (Å²) in [7, 11) is -1.61. The largest absolute Gasteiger partial charge is 0.488 e. The van der Waals surface area contributed by atoms with Crippen LogP contribution in [0.15, 0.2) is 18.2 Å². The van der Waals surface area contributed by atoms with E-state index >= 15 is 0 Å². The summed E-state index contributed by atoms with van der Waals surface area (Å²) in [6.07, 6.45) is 2.25. The molecule has 0 saturated carbocycles. The highest BCUT2D eigenvalue weighted by molar-refractivity contribution is 6.58. The van der Waals surface area contributed by atoms with Gasteiger partial charge in [-0.1, -0.05) is 26.0 Å². The summed E-state index contributed by atoms with van der Waals surface area (Å²) in [6, 6.07) is 4.41. The molecule has 1 aromatic carbocycles. The third kappa shape index (κ3) is 3.78. The highest BCUT2D eigenvalue weighted by atomic mass is 19.1. The molecule has 2 rings (SSSR count). The number of benzene rings is 1. The first kappa shape index (κ1) is 14.5. The topological polar surface area (TPSA) is 43.7 Å². The summed E-state index contributed by atoms with van der Waals surface area (Å²) < 4.78 is 13.9. The first-order chi connectivity index (χ1) is 8.87. The van der Waals surface area contributed by atoms with Gasteiger partial charge in [0.15, 0.2) is 0 Å². The number of likely N-dealkylation sites (tertiary alicyclic amines) is 1. The van der Waals surface area contributed by atoms with Crippen LogP contribution in [0.1, 0.15) is 32.3 Å². The van der Waals surface area contributed by atoms with Gasteiger partial charge in [-0.15, -0.1) is 0 Å². The van der Waals surface area contributed by atoms with Crippen molar-refractivity contribution in [1.29, 1.82) is 0 Å². The van der Waals surface area contributed by atoms with Gasteiger partial charge in [0.05, 0.1) is 0 Å². The molecule has 1 aliphatic heterocycles. The highest BCUT2D eigenvalue weighted by Gasteiger charge is 2.25. The Hall–Kier alpha value is -0.905. The first-order valence-corrected chi connectivity index (χ1v) is 6.74. The predicted octanol–water partition coefficient (Wildman–Crippen LogP) is 1.13. The van der Waals surface area contributed by atoms with E-state index in [1.54, 1.807) is 12.1 Å². The molecule has 2 N–H and O–H groups in total. The molecule has 1 aliphatic rings. The van der Waals surface area contributed by atoms with Crippen molar-refractivity contribution in [2.24, 2.45) is 5.41 Å². The fourth-order valence-electron chi connectivity index (χ4n) is 2.41. The summed E-state index contributed by atoms with van der Waals surface area (Å²) in [6.45, 7) is 7.09. The third-order valence-corrected chi connectivity index (χ3v) is 3.98. The van der Waals surface area contributed by atoms with Crippen molar-refractivity contribution in [2.45, 2.75) is 33.2 Å². The van der Waals surface area contributed by atoms with Gasteiger partial charge < -0.3 is 10.0 Å². The molecule has 0 amide bonds. The van der Waals surface area contributed by atoms with Crippen molar-refractivity contribution in [3.8, 4) is 0 Å². The van der Waals surface area contributed by atoms with Crippen molar-refractivity contribution in [3.05, 3.63) is 29.6 Å². The highest BCUT2D eigenvalue weighted by Crippen LogP contribution is 2.30. The molecule has 0 aromatic heterocycles. The molecule has 3 nitrogen and oxygen atoms in total. The molecule has 104 valence electrons. The standard InChI is InChI=1S/C14H21BFNO2/c1-14(2)5-7-17(8-6-14)10-11-3-4-12(15(18)19)9-13(11)16/h3-4,9,18-19H,5-8,10H2,1-2H3. The average molecular weight is 265 g/mol. The molecule has 1 fully saturated rings. The Morgan fingerprint density at radius 1 is 1.26 bits per heavy atom. The lowest BCUT2D eigenvalue weighted by atomic mass is 9.80. The Bertz CT molecular complexity index is 441. The second-order valence-electron chi connectivity index (χ2n) is 6.16. The summed E-state index contributed by atoms with van der Waals surface area (Å²) in [5, 5.41) is 18.0. The zero-order valence-corrected chi connectivity index (χ0v) is 11.6. The lowest BCUT2D eigenvalue weighted by Crippen LogP contribution is -2.37. The van der Waals surface area contributed by atoms with Crippen molar-refractivity contribution in [3.63, 3.8) is 0 Å². The lowest BCUT2D eigenvalue weighted by molar-refractivity contribution is 0.126. The summed E-state index contributed by atoms with van der Waals surface area (Å²) in [5.41, 5.74) is 1.20. The number of hydrogen-bond donors (Lipinski definition) is 2. The third-order valence-electron chi connectivity index (χ3n) is 3.98. The van der Waals surface area contributed by atoms with Crippen LogP contribution in [0.2, 0.25) is 0 Å². The maximum atomic E-state index is 13.9. The van der Waals surface area contributed by atoms with Gasteiger partial charge in [-0.05, 0) is 42.9 Å². The van der Waals surface area contributed by atoms with Crippen molar-refractivity contribution < 1.29 is 14.4 Å². The maximum Gasteiger partial charge on any atom is 0.488 e. The van der Waals surface area contributed by atoms with Gasteiger partial charge in [0, 0.05) is 12.1 Å². The van der Waals surface area contributed by atoms with Gasteiger partial charge in [-0.3, -0.25) is 4.90 Å². The Balaban J connectivity index is 2.00. The van der Waals surface area contributed by atoms with Crippen LogP contribution in [-0.4, -0.2) is 35.2 Å². The molecule has 1 heterocycles. The van der Waals surface area contributed by atoms with E-state index in [2.05, 4.69) is 18.7 Å². The molecule has 19 heavy (non-hydrogen) atoms. The molecular weight excluding hydrogens is 244 g/mol. The van der Waals surface area contributed by atoms with Gasteiger partial charge in [-0.2, -0.15) is 0 Å². The van der Waals surface area contributed by atoms with E-state index in [4.69, 9.17) is 10.0 Å². The minimum absolute atomic E-state index is 0.195. The number of halogens is 1. The van der Waals surface area contributed by atoms with Crippen molar-refractivity contribution >= 4 is 12.6 Å². The SMILES string of the molecule is CC1(C)CCN(Cc2ccc(B(O)O)cc2F)CC1. The van der Waals surface area contributed by atoms with Crippen LogP contribution in [0.3, 0.4) is 0 Å². The van der Waals surface area contributed by atoms with Crippen LogP contribution in [-0.2, 0) is 6.54 Å². The molecule has 5 heteroatoms. The van der Waals surface area contributed by atoms with Crippen molar-refractivity contribution in [2.75, 3.05) is 13.1 Å². The molecule has 0 spiro atoms.